The molecule has 1 aliphatic rings. The summed E-state index contributed by atoms with van der Waals surface area (Å²) in [6.07, 6.45) is -0.399. The molecular weight excluding hydrogens is 378 g/mol. The van der Waals surface area contributed by atoms with Gasteiger partial charge in [-0.25, -0.2) is 4.79 Å². The first kappa shape index (κ1) is 18.0. The SMILES string of the molecule is N#Cc1ccc(N2CCC(OC(=O)c3cc4c(ccc5ccccc54)[nH]3)C2=O)cc1. The van der Waals surface area contributed by atoms with E-state index >= 15 is 0 Å². The van der Waals surface area contributed by atoms with Crippen molar-refractivity contribution in [3.63, 3.8) is 0 Å². The van der Waals surface area contributed by atoms with Gasteiger partial charge in [0.25, 0.3) is 5.91 Å². The number of fused-ring (bicyclic) bond motifs is 3. The number of ether oxygens (including phenoxy) is 1. The zero-order valence-corrected chi connectivity index (χ0v) is 16.0. The monoisotopic (exact) mass is 395 g/mol. The van der Waals surface area contributed by atoms with E-state index in [2.05, 4.69) is 11.1 Å². The van der Waals surface area contributed by atoms with Crippen LogP contribution in [0.5, 0.6) is 0 Å². The van der Waals surface area contributed by atoms with Crippen LogP contribution in [0.15, 0.2) is 66.7 Å². The summed E-state index contributed by atoms with van der Waals surface area (Å²) in [4.78, 5) is 30.1. The molecule has 2 heterocycles. The number of nitrogens with one attached hydrogen (secondary N) is 1. The van der Waals surface area contributed by atoms with E-state index in [4.69, 9.17) is 10.00 Å². The first-order valence-corrected chi connectivity index (χ1v) is 9.67. The number of nitrogens with zero attached hydrogens (tertiary/aromatic N) is 2. The number of benzene rings is 3. The van der Waals surface area contributed by atoms with E-state index < -0.39 is 12.1 Å². The van der Waals surface area contributed by atoms with Crippen LogP contribution in [0, 0.1) is 11.3 Å². The predicted molar refractivity (Wildman–Crippen MR) is 113 cm³/mol. The van der Waals surface area contributed by atoms with Crippen molar-refractivity contribution in [2.24, 2.45) is 0 Å². The lowest BCUT2D eigenvalue weighted by Crippen LogP contribution is -2.32. The van der Waals surface area contributed by atoms with Crippen LogP contribution < -0.4 is 4.90 Å². The second-order valence-electron chi connectivity index (χ2n) is 7.26. The van der Waals surface area contributed by atoms with E-state index in [-0.39, 0.29) is 5.91 Å². The average Bonchev–Trinajstić information content (AvgIpc) is 3.38. The number of anilines is 1. The molecule has 4 aromatic rings. The summed E-state index contributed by atoms with van der Waals surface area (Å²) in [6.45, 7) is 0.458. The molecule has 5 rings (SSSR count). The Bertz CT molecular complexity index is 1330. The van der Waals surface area contributed by atoms with E-state index in [1.807, 2.05) is 36.4 Å². The van der Waals surface area contributed by atoms with Crippen molar-refractivity contribution in [2.75, 3.05) is 11.4 Å². The first-order valence-electron chi connectivity index (χ1n) is 9.67. The molecule has 146 valence electrons. The zero-order chi connectivity index (χ0) is 20.7. The largest absolute Gasteiger partial charge is 0.447 e. The van der Waals surface area contributed by atoms with Crippen LogP contribution >= 0.6 is 0 Å². The van der Waals surface area contributed by atoms with Gasteiger partial charge in [-0.3, -0.25) is 4.79 Å². The number of aromatic amines is 1. The highest BCUT2D eigenvalue weighted by Gasteiger charge is 2.36. The van der Waals surface area contributed by atoms with E-state index in [9.17, 15) is 9.59 Å². The minimum absolute atomic E-state index is 0.255. The Labute approximate surface area is 172 Å². The molecular formula is C24H17N3O3. The van der Waals surface area contributed by atoms with Crippen LogP contribution in [0.2, 0.25) is 0 Å². The Kier molecular flexibility index (Phi) is 4.22. The maximum Gasteiger partial charge on any atom is 0.355 e. The molecule has 1 amide bonds. The number of esters is 1. The Hall–Kier alpha value is -4.11. The molecule has 30 heavy (non-hydrogen) atoms. The van der Waals surface area contributed by atoms with Crippen LogP contribution in [0.25, 0.3) is 21.7 Å². The van der Waals surface area contributed by atoms with Crippen molar-refractivity contribution >= 4 is 39.2 Å². The van der Waals surface area contributed by atoms with Crippen molar-refractivity contribution < 1.29 is 14.3 Å². The third-order valence-electron chi connectivity index (χ3n) is 5.46. The Morgan fingerprint density at radius 2 is 1.87 bits per heavy atom. The number of H-pyrrole nitrogens is 1. The summed E-state index contributed by atoms with van der Waals surface area (Å²) in [7, 11) is 0. The number of aromatic nitrogens is 1. The molecule has 1 saturated heterocycles. The number of carbonyl (C=O) groups excluding carboxylic acids is 2. The van der Waals surface area contributed by atoms with Crippen LogP contribution in [0.1, 0.15) is 22.5 Å². The Morgan fingerprint density at radius 1 is 1.07 bits per heavy atom. The predicted octanol–water partition coefficient (Wildman–Crippen LogP) is 4.16. The molecule has 1 unspecified atom stereocenters. The lowest BCUT2D eigenvalue weighted by atomic mass is 10.1. The molecule has 0 bridgehead atoms. The van der Waals surface area contributed by atoms with Gasteiger partial charge in [0.15, 0.2) is 6.10 Å². The average molecular weight is 395 g/mol. The molecule has 6 heteroatoms. The molecule has 1 aliphatic heterocycles. The molecule has 0 spiro atoms. The summed E-state index contributed by atoms with van der Waals surface area (Å²) in [6, 6.07) is 22.5. The van der Waals surface area contributed by atoms with Crippen molar-refractivity contribution in [3.8, 4) is 6.07 Å². The highest BCUT2D eigenvalue weighted by Crippen LogP contribution is 2.28. The minimum atomic E-state index is -0.823. The molecule has 1 atom stereocenters. The number of hydrogen-bond acceptors (Lipinski definition) is 4. The quantitative estimate of drug-likeness (QED) is 0.528. The lowest BCUT2D eigenvalue weighted by Gasteiger charge is -2.16. The summed E-state index contributed by atoms with van der Waals surface area (Å²) in [5.74, 6) is -0.801. The van der Waals surface area contributed by atoms with Crippen molar-refractivity contribution in [3.05, 3.63) is 78.0 Å². The van der Waals surface area contributed by atoms with Gasteiger partial charge < -0.3 is 14.6 Å². The Balaban J connectivity index is 1.36. The smallest absolute Gasteiger partial charge is 0.355 e. The zero-order valence-electron chi connectivity index (χ0n) is 16.0. The molecule has 6 nitrogen and oxygen atoms in total. The maximum atomic E-state index is 12.7. The fraction of sp³-hybridized carbons (Fsp3) is 0.125. The minimum Gasteiger partial charge on any atom is -0.447 e. The van der Waals surface area contributed by atoms with Crippen LogP contribution in [0.4, 0.5) is 5.69 Å². The van der Waals surface area contributed by atoms with Gasteiger partial charge in [-0.05, 0) is 47.2 Å². The van der Waals surface area contributed by atoms with Crippen molar-refractivity contribution in [2.45, 2.75) is 12.5 Å². The van der Waals surface area contributed by atoms with Gasteiger partial charge >= 0.3 is 5.97 Å². The molecule has 1 aromatic heterocycles. The van der Waals surface area contributed by atoms with Gasteiger partial charge in [-0.15, -0.1) is 0 Å². The molecule has 0 aliphatic carbocycles. The summed E-state index contributed by atoms with van der Waals surface area (Å²) in [5, 5.41) is 12.0. The van der Waals surface area contributed by atoms with Crippen LogP contribution in [-0.4, -0.2) is 29.5 Å². The number of rotatable bonds is 3. The van der Waals surface area contributed by atoms with Crippen LogP contribution in [-0.2, 0) is 9.53 Å². The van der Waals surface area contributed by atoms with E-state index in [1.54, 1.807) is 35.2 Å². The fourth-order valence-electron chi connectivity index (χ4n) is 3.92. The van der Waals surface area contributed by atoms with E-state index in [0.717, 1.165) is 21.7 Å². The van der Waals surface area contributed by atoms with Gasteiger partial charge in [0, 0.05) is 29.6 Å². The second kappa shape index (κ2) is 7.05. The van der Waals surface area contributed by atoms with E-state index in [1.165, 1.54) is 0 Å². The molecule has 1 fully saturated rings. The van der Waals surface area contributed by atoms with Gasteiger partial charge in [-0.2, -0.15) is 5.26 Å². The summed E-state index contributed by atoms with van der Waals surface area (Å²) in [5.41, 5.74) is 2.39. The number of carbonyl (C=O) groups is 2. The third kappa shape index (κ3) is 2.97. The lowest BCUT2D eigenvalue weighted by molar-refractivity contribution is -0.124. The maximum absolute atomic E-state index is 12.7. The normalized spacial score (nSPS) is 16.2. The molecule has 0 radical (unpaired) electrons. The van der Waals surface area contributed by atoms with Crippen molar-refractivity contribution in [1.82, 2.24) is 4.98 Å². The Morgan fingerprint density at radius 3 is 2.67 bits per heavy atom. The standard InChI is InChI=1S/C24H17N3O3/c25-14-15-5-8-17(9-6-15)27-12-11-22(23(27)28)30-24(29)21-13-19-18-4-2-1-3-16(18)7-10-20(19)26-21/h1-10,13,22,26H,11-12H2. The van der Waals surface area contributed by atoms with Crippen molar-refractivity contribution in [1.29, 1.82) is 5.26 Å². The first-order chi connectivity index (χ1) is 14.6. The van der Waals surface area contributed by atoms with Crippen LogP contribution in [0.3, 0.4) is 0 Å². The fourth-order valence-corrected chi connectivity index (χ4v) is 3.92. The molecule has 0 saturated carbocycles. The number of nitriles is 1. The van der Waals surface area contributed by atoms with Gasteiger partial charge in [0.2, 0.25) is 0 Å². The molecule has 3 aromatic carbocycles. The topological polar surface area (TPSA) is 86.2 Å². The number of amides is 1. The highest BCUT2D eigenvalue weighted by atomic mass is 16.5. The van der Waals surface area contributed by atoms with Gasteiger partial charge in [0.1, 0.15) is 5.69 Å². The third-order valence-corrected chi connectivity index (χ3v) is 5.46. The highest BCUT2D eigenvalue weighted by molar-refractivity contribution is 6.09. The summed E-state index contributed by atoms with van der Waals surface area (Å²) >= 11 is 0. The second-order valence-corrected chi connectivity index (χ2v) is 7.26. The van der Waals surface area contributed by atoms with Gasteiger partial charge in [-0.1, -0.05) is 30.3 Å². The summed E-state index contributed by atoms with van der Waals surface area (Å²) < 4.78 is 5.53. The van der Waals surface area contributed by atoms with Gasteiger partial charge in [0.05, 0.1) is 11.6 Å². The number of hydrogen-bond donors (Lipinski definition) is 1. The van der Waals surface area contributed by atoms with E-state index in [0.29, 0.717) is 29.9 Å². The molecule has 1 N–H and O–H groups in total.